The highest BCUT2D eigenvalue weighted by atomic mass is 16.7. The molecule has 0 saturated heterocycles. The average Bonchev–Trinajstić information content (AvgIpc) is 3.23. The third-order valence-electron chi connectivity index (χ3n) is 4.80. The van der Waals surface area contributed by atoms with Gasteiger partial charge in [-0.1, -0.05) is 17.3 Å². The fourth-order valence-corrected chi connectivity index (χ4v) is 3.29. The Morgan fingerprint density at radius 2 is 2.06 bits per heavy atom. The third-order valence-corrected chi connectivity index (χ3v) is 4.80. The average molecular weight is 474 g/mol. The molecule has 0 N–H and O–H groups in total. The van der Waals surface area contributed by atoms with Gasteiger partial charge in [0.05, 0.1) is 23.8 Å². The maximum Gasteiger partial charge on any atom is 0.303 e. The Balaban J connectivity index is 1.45. The van der Waals surface area contributed by atoms with E-state index in [2.05, 4.69) is 10.3 Å². The van der Waals surface area contributed by atoms with Crippen LogP contribution in [0.2, 0.25) is 0 Å². The van der Waals surface area contributed by atoms with Crippen LogP contribution in [0.15, 0.2) is 42.6 Å². The van der Waals surface area contributed by atoms with Gasteiger partial charge in [0.25, 0.3) is 5.69 Å². The van der Waals surface area contributed by atoms with Crippen LogP contribution in [-0.4, -0.2) is 63.6 Å². The number of carbonyl (C=O) groups is 2. The van der Waals surface area contributed by atoms with E-state index in [1.807, 2.05) is 0 Å². The fourth-order valence-electron chi connectivity index (χ4n) is 3.29. The number of carbonyl (C=O) groups excluding carboxylic acids is 2. The molecule has 1 aromatic carbocycles. The van der Waals surface area contributed by atoms with Gasteiger partial charge < -0.3 is 18.9 Å². The van der Waals surface area contributed by atoms with Crippen LogP contribution >= 0.6 is 0 Å². The number of hydrogen-bond donors (Lipinski definition) is 0. The second-order valence-corrected chi connectivity index (χ2v) is 7.61. The number of non-ortho nitro benzene ring substituents is 1. The van der Waals surface area contributed by atoms with Crippen molar-refractivity contribution in [2.75, 3.05) is 13.2 Å². The number of aromatic nitrogens is 3. The van der Waals surface area contributed by atoms with E-state index in [1.54, 1.807) is 35.2 Å². The minimum Gasteiger partial charge on any atom is -0.463 e. The molecule has 0 aliphatic carbocycles. The summed E-state index contributed by atoms with van der Waals surface area (Å²) in [6.45, 7) is 3.25. The zero-order chi connectivity index (χ0) is 24.5. The van der Waals surface area contributed by atoms with Gasteiger partial charge in [-0.25, -0.2) is 4.68 Å². The van der Waals surface area contributed by atoms with Crippen molar-refractivity contribution in [3.05, 3.63) is 64.0 Å². The molecule has 0 amide bonds. The Bertz CT molecular complexity index is 1040. The molecular weight excluding hydrogens is 448 g/mol. The first-order valence-corrected chi connectivity index (χ1v) is 10.7. The number of rotatable bonds is 11. The lowest BCUT2D eigenvalue weighted by Gasteiger charge is -2.31. The van der Waals surface area contributed by atoms with Crippen LogP contribution in [0.1, 0.15) is 31.5 Å². The van der Waals surface area contributed by atoms with Gasteiger partial charge in [0, 0.05) is 32.2 Å². The normalized spacial score (nSPS) is 19.5. The van der Waals surface area contributed by atoms with E-state index in [1.165, 1.54) is 26.0 Å². The summed E-state index contributed by atoms with van der Waals surface area (Å²) in [6, 6.07) is 6.38. The second kappa shape index (κ2) is 12.0. The van der Waals surface area contributed by atoms with Gasteiger partial charge in [0.2, 0.25) is 0 Å². The molecule has 0 fully saturated rings. The molecule has 0 radical (unpaired) electrons. The molecule has 12 heteroatoms. The van der Waals surface area contributed by atoms with Crippen LogP contribution in [0, 0.1) is 10.1 Å². The molecule has 34 heavy (non-hydrogen) atoms. The number of nitrogens with zero attached hydrogens (tertiary/aromatic N) is 4. The zero-order valence-electron chi connectivity index (χ0n) is 18.9. The number of esters is 2. The maximum atomic E-state index is 11.3. The van der Waals surface area contributed by atoms with E-state index in [4.69, 9.17) is 18.9 Å². The SMILES string of the molecule is CC(=O)OC[C@H]1OC(OCCCc2cn(Cc3cccc([N+](=O)[O-])c3)nn2)C=C[C@@H]1OC(C)=O. The van der Waals surface area contributed by atoms with Gasteiger partial charge in [0.1, 0.15) is 18.8 Å². The van der Waals surface area contributed by atoms with E-state index < -0.39 is 35.4 Å². The highest BCUT2D eigenvalue weighted by molar-refractivity contribution is 5.66. The van der Waals surface area contributed by atoms with Crippen LogP contribution in [-0.2, 0) is 41.5 Å². The van der Waals surface area contributed by atoms with Gasteiger partial charge in [-0.05, 0) is 30.6 Å². The van der Waals surface area contributed by atoms with Crippen molar-refractivity contribution in [2.24, 2.45) is 0 Å². The standard InChI is InChI=1S/C22H26N4O8/c1-15(27)32-14-21-20(33-16(2)28)8-9-22(34-21)31-10-4-6-18-13-25(24-23-18)12-17-5-3-7-19(11-17)26(29)30/h3,5,7-9,11,13,20-22H,4,6,10,12,14H2,1-2H3/t20-,21+,22?/m0/s1. The highest BCUT2D eigenvalue weighted by Crippen LogP contribution is 2.18. The summed E-state index contributed by atoms with van der Waals surface area (Å²) in [4.78, 5) is 32.9. The molecule has 0 spiro atoms. The number of nitro benzene ring substituents is 1. The van der Waals surface area contributed by atoms with E-state index in [-0.39, 0.29) is 12.3 Å². The van der Waals surface area contributed by atoms with Crippen molar-refractivity contribution >= 4 is 17.6 Å². The highest BCUT2D eigenvalue weighted by Gasteiger charge is 2.31. The van der Waals surface area contributed by atoms with Gasteiger partial charge in [-0.15, -0.1) is 5.10 Å². The molecule has 0 bridgehead atoms. The minimum absolute atomic E-state index is 0.0308. The fraction of sp³-hybridized carbons (Fsp3) is 0.455. The molecule has 1 aromatic heterocycles. The molecule has 0 saturated carbocycles. The van der Waals surface area contributed by atoms with Gasteiger partial charge in [-0.3, -0.25) is 19.7 Å². The van der Waals surface area contributed by atoms with Crippen molar-refractivity contribution in [3.63, 3.8) is 0 Å². The molecule has 1 aliphatic rings. The summed E-state index contributed by atoms with van der Waals surface area (Å²) in [5.74, 6) is -0.931. The number of nitro groups is 1. The Morgan fingerprint density at radius 3 is 2.79 bits per heavy atom. The largest absolute Gasteiger partial charge is 0.463 e. The number of ether oxygens (including phenoxy) is 4. The first-order chi connectivity index (χ1) is 16.3. The van der Waals surface area contributed by atoms with Crippen molar-refractivity contribution < 1.29 is 33.5 Å². The van der Waals surface area contributed by atoms with Crippen molar-refractivity contribution in [1.82, 2.24) is 15.0 Å². The summed E-state index contributed by atoms with van der Waals surface area (Å²) in [7, 11) is 0. The quantitative estimate of drug-likeness (QED) is 0.156. The molecule has 2 aromatic rings. The molecule has 12 nitrogen and oxygen atoms in total. The zero-order valence-corrected chi connectivity index (χ0v) is 18.9. The van der Waals surface area contributed by atoms with Gasteiger partial charge >= 0.3 is 11.9 Å². The van der Waals surface area contributed by atoms with Gasteiger partial charge in [-0.2, -0.15) is 0 Å². The molecule has 3 rings (SSSR count). The lowest BCUT2D eigenvalue weighted by atomic mass is 10.1. The summed E-state index contributed by atoms with van der Waals surface area (Å²) < 4.78 is 23.3. The summed E-state index contributed by atoms with van der Waals surface area (Å²) in [5.41, 5.74) is 1.55. The van der Waals surface area contributed by atoms with Crippen molar-refractivity contribution in [1.29, 1.82) is 0 Å². The van der Waals surface area contributed by atoms with Crippen molar-refractivity contribution in [3.8, 4) is 0 Å². The van der Waals surface area contributed by atoms with E-state index in [0.29, 0.717) is 26.0 Å². The van der Waals surface area contributed by atoms with E-state index in [9.17, 15) is 19.7 Å². The van der Waals surface area contributed by atoms with Crippen LogP contribution in [0.4, 0.5) is 5.69 Å². The van der Waals surface area contributed by atoms with Crippen LogP contribution in [0.3, 0.4) is 0 Å². The Labute approximate surface area is 195 Å². The molecule has 182 valence electrons. The number of hydrogen-bond acceptors (Lipinski definition) is 10. The topological polar surface area (TPSA) is 145 Å². The predicted octanol–water partition coefficient (Wildman–Crippen LogP) is 1.96. The molecule has 2 heterocycles. The lowest BCUT2D eigenvalue weighted by Crippen LogP contribution is -2.42. The Kier molecular flexibility index (Phi) is 8.82. The predicted molar refractivity (Wildman–Crippen MR) is 116 cm³/mol. The van der Waals surface area contributed by atoms with Crippen LogP contribution in [0.5, 0.6) is 0 Å². The van der Waals surface area contributed by atoms with Gasteiger partial charge in [0.15, 0.2) is 6.29 Å². The molecule has 1 aliphatic heterocycles. The summed E-state index contributed by atoms with van der Waals surface area (Å²) in [6.07, 6.45) is 4.33. The third kappa shape index (κ3) is 7.74. The van der Waals surface area contributed by atoms with E-state index >= 15 is 0 Å². The Hall–Kier alpha value is -3.64. The minimum atomic E-state index is -0.670. The van der Waals surface area contributed by atoms with E-state index in [0.717, 1.165) is 11.3 Å². The van der Waals surface area contributed by atoms with Crippen molar-refractivity contribution in [2.45, 2.75) is 51.7 Å². The summed E-state index contributed by atoms with van der Waals surface area (Å²) in [5, 5.41) is 19.1. The summed E-state index contributed by atoms with van der Waals surface area (Å²) >= 11 is 0. The molecule has 1 unspecified atom stereocenters. The molecule has 3 atom stereocenters. The van der Waals surface area contributed by atoms with Crippen LogP contribution < -0.4 is 0 Å². The Morgan fingerprint density at radius 1 is 1.24 bits per heavy atom. The van der Waals surface area contributed by atoms with Crippen LogP contribution in [0.25, 0.3) is 0 Å². The maximum absolute atomic E-state index is 11.3. The molecular formula is C22H26N4O8. The number of aryl methyl sites for hydroxylation is 1. The number of benzene rings is 1. The smallest absolute Gasteiger partial charge is 0.303 e. The second-order valence-electron chi connectivity index (χ2n) is 7.61. The first-order valence-electron chi connectivity index (χ1n) is 10.7. The monoisotopic (exact) mass is 474 g/mol. The lowest BCUT2D eigenvalue weighted by molar-refractivity contribution is -0.384. The first kappa shape index (κ1) is 25.0.